The summed E-state index contributed by atoms with van der Waals surface area (Å²) in [7, 11) is 0. The Morgan fingerprint density at radius 1 is 1.05 bits per heavy atom. The minimum absolute atomic E-state index is 0.143. The molecule has 3 heteroatoms. The van der Waals surface area contributed by atoms with Crippen LogP contribution in [0.1, 0.15) is 29.5 Å². The second-order valence-electron chi connectivity index (χ2n) is 6.10. The fourth-order valence-corrected chi connectivity index (χ4v) is 2.98. The van der Waals surface area contributed by atoms with E-state index in [0.717, 1.165) is 30.9 Å². The zero-order valence-corrected chi connectivity index (χ0v) is 12.0. The molecule has 1 aliphatic heterocycles. The van der Waals surface area contributed by atoms with Crippen molar-refractivity contribution in [1.82, 2.24) is 5.32 Å². The van der Waals surface area contributed by atoms with Crippen LogP contribution in [0.4, 0.5) is 10.1 Å². The Morgan fingerprint density at radius 3 is 2.43 bits per heavy atom. The summed E-state index contributed by atoms with van der Waals surface area (Å²) in [6.45, 7) is 2.50. The van der Waals surface area contributed by atoms with E-state index < -0.39 is 0 Å². The van der Waals surface area contributed by atoms with E-state index in [1.165, 1.54) is 24.0 Å². The molecular formula is C18H19FN2. The van der Waals surface area contributed by atoms with Gasteiger partial charge in [-0.3, -0.25) is 0 Å². The fourth-order valence-electron chi connectivity index (χ4n) is 2.98. The molecule has 2 aliphatic rings. The number of halogens is 1. The first-order valence-electron chi connectivity index (χ1n) is 7.62. The van der Waals surface area contributed by atoms with Crippen molar-refractivity contribution in [3.8, 4) is 0 Å². The van der Waals surface area contributed by atoms with Crippen molar-refractivity contribution in [1.29, 1.82) is 0 Å². The molecule has 0 unspecified atom stereocenters. The molecule has 1 aliphatic carbocycles. The van der Waals surface area contributed by atoms with Crippen LogP contribution in [0.2, 0.25) is 0 Å². The van der Waals surface area contributed by atoms with Gasteiger partial charge in [0.25, 0.3) is 0 Å². The molecule has 0 atom stereocenters. The molecule has 21 heavy (non-hydrogen) atoms. The maximum Gasteiger partial charge on any atom is 0.125 e. The van der Waals surface area contributed by atoms with Gasteiger partial charge in [-0.15, -0.1) is 0 Å². The van der Waals surface area contributed by atoms with Crippen molar-refractivity contribution in [3.05, 3.63) is 65.0 Å². The smallest absolute Gasteiger partial charge is 0.125 e. The predicted molar refractivity (Wildman–Crippen MR) is 82.6 cm³/mol. The fraction of sp³-hybridized carbons (Fsp3) is 0.333. The summed E-state index contributed by atoms with van der Waals surface area (Å²) in [5.41, 5.74) is 4.71. The third kappa shape index (κ3) is 2.79. The number of hydrogen-bond acceptors (Lipinski definition) is 2. The minimum atomic E-state index is -0.143. The highest BCUT2D eigenvalue weighted by atomic mass is 19.1. The van der Waals surface area contributed by atoms with Crippen molar-refractivity contribution < 1.29 is 4.39 Å². The van der Waals surface area contributed by atoms with E-state index in [0.29, 0.717) is 6.04 Å². The zero-order chi connectivity index (χ0) is 14.2. The van der Waals surface area contributed by atoms with Gasteiger partial charge in [-0.25, -0.2) is 4.39 Å². The van der Waals surface area contributed by atoms with Gasteiger partial charge in [-0.1, -0.05) is 24.3 Å². The average Bonchev–Trinajstić information content (AvgIpc) is 3.21. The van der Waals surface area contributed by atoms with Gasteiger partial charge in [0.05, 0.1) is 0 Å². The Morgan fingerprint density at radius 2 is 1.76 bits per heavy atom. The molecule has 2 aromatic carbocycles. The van der Waals surface area contributed by atoms with Crippen LogP contribution in [-0.2, 0) is 19.6 Å². The minimum Gasteiger partial charge on any atom is -0.363 e. The van der Waals surface area contributed by atoms with Gasteiger partial charge >= 0.3 is 0 Å². The lowest BCUT2D eigenvalue weighted by Gasteiger charge is -2.19. The van der Waals surface area contributed by atoms with Crippen LogP contribution in [0.25, 0.3) is 0 Å². The first kappa shape index (κ1) is 12.8. The second-order valence-corrected chi connectivity index (χ2v) is 6.10. The lowest BCUT2D eigenvalue weighted by Crippen LogP contribution is -2.18. The molecule has 0 radical (unpaired) electrons. The number of fused-ring (bicyclic) bond motifs is 1. The van der Waals surface area contributed by atoms with Crippen molar-refractivity contribution in [2.75, 3.05) is 4.90 Å². The number of rotatable bonds is 4. The summed E-state index contributed by atoms with van der Waals surface area (Å²) >= 11 is 0. The van der Waals surface area contributed by atoms with Gasteiger partial charge in [0, 0.05) is 31.4 Å². The molecule has 2 aromatic rings. The molecule has 0 bridgehead atoms. The van der Waals surface area contributed by atoms with E-state index in [2.05, 4.69) is 40.5 Å². The molecule has 0 aromatic heterocycles. The Kier molecular flexibility index (Phi) is 3.15. The highest BCUT2D eigenvalue weighted by molar-refractivity contribution is 5.53. The number of hydrogen-bond donors (Lipinski definition) is 1. The molecule has 1 saturated carbocycles. The summed E-state index contributed by atoms with van der Waals surface area (Å²) in [6, 6.07) is 14.5. The molecule has 108 valence electrons. The van der Waals surface area contributed by atoms with Gasteiger partial charge in [0.1, 0.15) is 5.82 Å². The van der Waals surface area contributed by atoms with E-state index in [1.807, 2.05) is 0 Å². The summed E-state index contributed by atoms with van der Waals surface area (Å²) in [5.74, 6) is -0.143. The normalized spacial score (nSPS) is 17.1. The molecular weight excluding hydrogens is 263 g/mol. The topological polar surface area (TPSA) is 15.3 Å². The van der Waals surface area contributed by atoms with E-state index >= 15 is 0 Å². The van der Waals surface area contributed by atoms with Crippen molar-refractivity contribution in [2.24, 2.45) is 0 Å². The number of nitrogens with zero attached hydrogens (tertiary/aromatic N) is 1. The zero-order valence-electron chi connectivity index (χ0n) is 12.0. The lowest BCUT2D eigenvalue weighted by molar-refractivity contribution is 0.618. The van der Waals surface area contributed by atoms with Gasteiger partial charge < -0.3 is 10.2 Å². The lowest BCUT2D eigenvalue weighted by atomic mass is 10.1. The molecule has 0 saturated heterocycles. The summed E-state index contributed by atoms with van der Waals surface area (Å²) in [6.07, 6.45) is 2.51. The second kappa shape index (κ2) is 5.15. The largest absolute Gasteiger partial charge is 0.363 e. The maximum absolute atomic E-state index is 13.9. The highest BCUT2D eigenvalue weighted by Gasteiger charge is 2.21. The first-order chi connectivity index (χ1) is 10.3. The van der Waals surface area contributed by atoms with Crippen molar-refractivity contribution in [2.45, 2.75) is 38.5 Å². The number of nitrogens with one attached hydrogen (secondary N) is 1. The van der Waals surface area contributed by atoms with Gasteiger partial charge in [0.15, 0.2) is 0 Å². The average molecular weight is 282 g/mol. The molecule has 1 N–H and O–H groups in total. The van der Waals surface area contributed by atoms with Crippen LogP contribution in [0.3, 0.4) is 0 Å². The van der Waals surface area contributed by atoms with Crippen LogP contribution < -0.4 is 10.2 Å². The quantitative estimate of drug-likeness (QED) is 0.921. The van der Waals surface area contributed by atoms with Crippen LogP contribution >= 0.6 is 0 Å². The van der Waals surface area contributed by atoms with Crippen LogP contribution in [0.5, 0.6) is 0 Å². The Bertz CT molecular complexity index is 639. The molecule has 4 rings (SSSR count). The maximum atomic E-state index is 13.9. The molecule has 2 nitrogen and oxygen atoms in total. The number of anilines is 1. The van der Waals surface area contributed by atoms with Crippen molar-refractivity contribution >= 4 is 5.69 Å². The van der Waals surface area contributed by atoms with Crippen LogP contribution in [0, 0.1) is 5.82 Å². The van der Waals surface area contributed by atoms with E-state index in [4.69, 9.17) is 0 Å². The van der Waals surface area contributed by atoms with E-state index in [1.54, 1.807) is 12.1 Å². The molecule has 0 amide bonds. The molecule has 1 heterocycles. The highest BCUT2D eigenvalue weighted by Crippen LogP contribution is 2.29. The third-order valence-corrected chi connectivity index (χ3v) is 4.32. The summed E-state index contributed by atoms with van der Waals surface area (Å²) < 4.78 is 13.9. The molecule has 1 fully saturated rings. The van der Waals surface area contributed by atoms with Crippen LogP contribution in [0.15, 0.2) is 42.5 Å². The van der Waals surface area contributed by atoms with Crippen molar-refractivity contribution in [3.63, 3.8) is 0 Å². The summed E-state index contributed by atoms with van der Waals surface area (Å²) in [5, 5.41) is 3.45. The standard InChI is InChI=1S/C18H19FN2/c19-16-7-13(10-20-17-5-6-17)8-18(9-16)21-11-14-3-1-2-4-15(14)12-21/h1-4,7-9,17,20H,5-6,10-12H2. The monoisotopic (exact) mass is 282 g/mol. The Hall–Kier alpha value is -1.87. The summed E-state index contributed by atoms with van der Waals surface area (Å²) in [4.78, 5) is 2.24. The SMILES string of the molecule is Fc1cc(CNC2CC2)cc(N2Cc3ccccc3C2)c1. The molecule has 0 spiro atoms. The third-order valence-electron chi connectivity index (χ3n) is 4.32. The van der Waals surface area contributed by atoms with E-state index in [9.17, 15) is 4.39 Å². The van der Waals surface area contributed by atoms with Gasteiger partial charge in [0.2, 0.25) is 0 Å². The van der Waals surface area contributed by atoms with Gasteiger partial charge in [-0.05, 0) is 47.7 Å². The Balaban J connectivity index is 1.54. The first-order valence-corrected chi connectivity index (χ1v) is 7.62. The predicted octanol–water partition coefficient (Wildman–Crippen LogP) is 3.60. The number of benzene rings is 2. The van der Waals surface area contributed by atoms with E-state index in [-0.39, 0.29) is 5.82 Å². The van der Waals surface area contributed by atoms with Crippen LogP contribution in [-0.4, -0.2) is 6.04 Å². The van der Waals surface area contributed by atoms with Gasteiger partial charge in [-0.2, -0.15) is 0 Å². The Labute approximate surface area is 124 Å².